The largest absolute Gasteiger partial charge is 0.467 e. The van der Waals surface area contributed by atoms with E-state index >= 15 is 0 Å². The van der Waals surface area contributed by atoms with Crippen molar-refractivity contribution >= 4 is 30.6 Å². The third kappa shape index (κ3) is 12.1. The molecule has 2 saturated heterocycles. The Morgan fingerprint density at radius 2 is 1.34 bits per heavy atom. The molecular formula is C43H65N3O12Si. The van der Waals surface area contributed by atoms with E-state index in [2.05, 4.69) is 10.0 Å². The van der Waals surface area contributed by atoms with Crippen LogP contribution in [0.3, 0.4) is 0 Å². The molecule has 2 aliphatic rings. The van der Waals surface area contributed by atoms with Crippen molar-refractivity contribution in [1.29, 1.82) is 0 Å². The van der Waals surface area contributed by atoms with Crippen LogP contribution in [0.15, 0.2) is 65.8 Å². The number of carbonyl (C=O) groups excluding carboxylic acids is 2. The van der Waals surface area contributed by atoms with Crippen LogP contribution in [-0.4, -0.2) is 118 Å². The van der Waals surface area contributed by atoms with Gasteiger partial charge in [0.25, 0.3) is 8.32 Å². The number of methoxy groups -OCH3 is 1. The molecular weight excluding hydrogens is 779 g/mol. The van der Waals surface area contributed by atoms with Crippen molar-refractivity contribution in [2.75, 3.05) is 26.9 Å². The second-order valence-electron chi connectivity index (χ2n) is 15.8. The average molecular weight is 844 g/mol. The first-order chi connectivity index (χ1) is 28.4. The molecule has 0 aromatic heterocycles. The van der Waals surface area contributed by atoms with E-state index in [0.717, 1.165) is 29.6 Å². The normalized spacial score (nSPS) is 27.4. The van der Waals surface area contributed by atoms with Gasteiger partial charge >= 0.3 is 11.9 Å². The monoisotopic (exact) mass is 843 g/mol. The minimum Gasteiger partial charge on any atom is -0.467 e. The summed E-state index contributed by atoms with van der Waals surface area (Å²) in [5.41, 5.74) is 9.77. The van der Waals surface area contributed by atoms with Crippen LogP contribution in [0.2, 0.25) is 5.04 Å². The fourth-order valence-corrected chi connectivity index (χ4v) is 11.5. The lowest BCUT2D eigenvalue weighted by atomic mass is 9.91. The van der Waals surface area contributed by atoms with Crippen LogP contribution < -0.4 is 10.4 Å². The lowest BCUT2D eigenvalue weighted by Crippen LogP contribution is -2.66. The van der Waals surface area contributed by atoms with Gasteiger partial charge in [-0.05, 0) is 53.0 Å². The molecule has 4 unspecified atom stereocenters. The van der Waals surface area contributed by atoms with E-state index < -0.39 is 86.6 Å². The number of aliphatic hydroxyl groups excluding tert-OH is 1. The molecule has 2 heterocycles. The molecule has 328 valence electrons. The third-order valence-electron chi connectivity index (χ3n) is 11.2. The van der Waals surface area contributed by atoms with Crippen LogP contribution in [0.1, 0.15) is 92.9 Å². The summed E-state index contributed by atoms with van der Waals surface area (Å²) >= 11 is 0. The molecule has 0 amide bonds. The van der Waals surface area contributed by atoms with Crippen LogP contribution in [0.25, 0.3) is 10.4 Å². The first-order valence-electron chi connectivity index (χ1n) is 21.0. The molecule has 2 N–H and O–H groups in total. The molecule has 4 rings (SSSR count). The minimum absolute atomic E-state index is 0.226. The molecule has 0 saturated carbocycles. The summed E-state index contributed by atoms with van der Waals surface area (Å²) in [4.78, 5) is 41.9. The van der Waals surface area contributed by atoms with Gasteiger partial charge in [0.2, 0.25) is 6.29 Å². The van der Waals surface area contributed by atoms with Crippen molar-refractivity contribution in [3.05, 3.63) is 71.1 Å². The quantitative estimate of drug-likeness (QED) is 0.0358. The number of hydrogen-bond donors (Lipinski definition) is 2. The van der Waals surface area contributed by atoms with E-state index in [1.165, 1.54) is 14.0 Å². The van der Waals surface area contributed by atoms with Gasteiger partial charge in [0.05, 0.1) is 13.2 Å². The fraction of sp³-hybridized carbons (Fsp3) is 0.674. The first-order valence-corrected chi connectivity index (χ1v) is 22.9. The maximum Gasteiger partial charge on any atom is 0.337 e. The standard InChI is InChI=1S/C43H65N3O12Si/c1-8-11-26-52-36-33(45-46-44)41(55-29(4)47)56-32(24-25-43(5,6)59(50,30-20-16-14-17-21-30)31-22-18-15-19-23-31)35(36)57-42-34(48)37(53-27-12-9-2)38(54-28-13-10-3)39(58-42)40(49)51-7/h14-23,32-39,41-42,48,50H,8-13,24-28H2,1-7H3/t32?,33-,34-,35-,36?,37?,38-,39?,41-,42+/m0/s1. The lowest BCUT2D eigenvalue weighted by Gasteiger charge is -2.49. The highest BCUT2D eigenvalue weighted by molar-refractivity contribution is 6.98. The van der Waals surface area contributed by atoms with Crippen LogP contribution in [0.5, 0.6) is 0 Å². The van der Waals surface area contributed by atoms with Crippen LogP contribution >= 0.6 is 0 Å². The van der Waals surface area contributed by atoms with Crippen LogP contribution in [-0.2, 0) is 47.5 Å². The number of carbonyl (C=O) groups is 2. The van der Waals surface area contributed by atoms with E-state index in [1.54, 1.807) is 0 Å². The highest BCUT2D eigenvalue weighted by Gasteiger charge is 2.56. The minimum atomic E-state index is -3.50. The molecule has 2 aliphatic heterocycles. The highest BCUT2D eigenvalue weighted by Crippen LogP contribution is 2.43. The molecule has 59 heavy (non-hydrogen) atoms. The van der Waals surface area contributed by atoms with Gasteiger partial charge in [-0.3, -0.25) is 4.79 Å². The number of aliphatic hydroxyl groups is 1. The number of hydrogen-bond acceptors (Lipinski definition) is 13. The Kier molecular flexibility index (Phi) is 19.3. The summed E-state index contributed by atoms with van der Waals surface area (Å²) in [5, 5.41) is 16.9. The van der Waals surface area contributed by atoms with Crippen LogP contribution in [0.4, 0.5) is 0 Å². The maximum atomic E-state index is 13.4. The van der Waals surface area contributed by atoms with E-state index in [1.807, 2.05) is 95.3 Å². The topological polar surface area (TPSA) is 197 Å². The molecule has 0 radical (unpaired) electrons. The molecule has 2 fully saturated rings. The van der Waals surface area contributed by atoms with Gasteiger partial charge in [-0.2, -0.15) is 0 Å². The summed E-state index contributed by atoms with van der Waals surface area (Å²) < 4.78 is 49.2. The van der Waals surface area contributed by atoms with Gasteiger partial charge in [-0.1, -0.05) is 120 Å². The summed E-state index contributed by atoms with van der Waals surface area (Å²) in [6.45, 7) is 12.1. The number of rotatable bonds is 23. The van der Waals surface area contributed by atoms with Crippen LogP contribution in [0, 0.1) is 0 Å². The molecule has 10 atom stereocenters. The third-order valence-corrected chi connectivity index (χ3v) is 15.7. The molecule has 2 aromatic rings. The lowest BCUT2D eigenvalue weighted by molar-refractivity contribution is -0.347. The van der Waals surface area contributed by atoms with E-state index in [4.69, 9.17) is 37.9 Å². The molecule has 0 bridgehead atoms. The van der Waals surface area contributed by atoms with E-state index in [-0.39, 0.29) is 19.6 Å². The van der Waals surface area contributed by atoms with Gasteiger partial charge < -0.3 is 47.8 Å². The first kappa shape index (κ1) is 48.3. The molecule has 0 spiro atoms. The Bertz CT molecular complexity index is 1580. The Balaban J connectivity index is 1.80. The number of azide groups is 1. The highest BCUT2D eigenvalue weighted by atomic mass is 28.4. The smallest absolute Gasteiger partial charge is 0.337 e. The predicted octanol–water partition coefficient (Wildman–Crippen LogP) is 5.47. The van der Waals surface area contributed by atoms with Gasteiger partial charge in [-0.15, -0.1) is 0 Å². The SMILES string of the molecule is CCCCOC1[C@H](OCCCC)C(C(=O)OC)O[C@@H](O[C@H]2C(CCC(C)(C)[Si](O)(c3ccccc3)c3ccccc3)O[C@H](OC(C)=O)[C@@H](N=[N+]=[N-])C2OCCCC)[C@H]1O. The maximum absolute atomic E-state index is 13.4. The number of nitrogens with zero attached hydrogens (tertiary/aromatic N) is 3. The van der Waals surface area contributed by atoms with Crippen molar-refractivity contribution in [3.63, 3.8) is 0 Å². The number of ether oxygens (including phenoxy) is 8. The zero-order chi connectivity index (χ0) is 43.0. The van der Waals surface area contributed by atoms with Gasteiger partial charge in [0.15, 0.2) is 12.4 Å². The Hall–Kier alpha value is -3.41. The Morgan fingerprint density at radius 1 is 0.814 bits per heavy atom. The number of unbranched alkanes of at least 4 members (excludes halogenated alkanes) is 3. The van der Waals surface area contributed by atoms with Gasteiger partial charge in [-0.25, -0.2) is 4.79 Å². The van der Waals surface area contributed by atoms with Crippen molar-refractivity contribution < 1.29 is 57.4 Å². The van der Waals surface area contributed by atoms with Gasteiger partial charge in [0, 0.05) is 31.7 Å². The summed E-state index contributed by atoms with van der Waals surface area (Å²) in [6.07, 6.45) is -5.79. The van der Waals surface area contributed by atoms with Crippen molar-refractivity contribution in [1.82, 2.24) is 0 Å². The van der Waals surface area contributed by atoms with Crippen molar-refractivity contribution in [3.8, 4) is 0 Å². The van der Waals surface area contributed by atoms with E-state index in [9.17, 15) is 25.0 Å². The predicted molar refractivity (Wildman–Crippen MR) is 222 cm³/mol. The average Bonchev–Trinajstić information content (AvgIpc) is 3.23. The molecule has 15 nitrogen and oxygen atoms in total. The second kappa shape index (κ2) is 23.5. The fourth-order valence-electron chi connectivity index (χ4n) is 7.78. The molecule has 2 aromatic carbocycles. The zero-order valence-corrected chi connectivity index (χ0v) is 36.6. The Morgan fingerprint density at radius 3 is 1.83 bits per heavy atom. The Labute approximate surface area is 349 Å². The molecule has 0 aliphatic carbocycles. The summed E-state index contributed by atoms with van der Waals surface area (Å²) in [7, 11) is -2.26. The van der Waals surface area contributed by atoms with E-state index in [0.29, 0.717) is 32.3 Å². The van der Waals surface area contributed by atoms with Crippen molar-refractivity contribution in [2.24, 2.45) is 5.11 Å². The summed E-state index contributed by atoms with van der Waals surface area (Å²) in [5.74, 6) is -1.40. The zero-order valence-electron chi connectivity index (χ0n) is 35.6. The second-order valence-corrected chi connectivity index (χ2v) is 19.7. The van der Waals surface area contributed by atoms with Crippen molar-refractivity contribution in [2.45, 2.75) is 159 Å². The van der Waals surface area contributed by atoms with Gasteiger partial charge in [0.1, 0.15) is 36.6 Å². The number of benzene rings is 2. The molecule has 16 heteroatoms. The summed E-state index contributed by atoms with van der Waals surface area (Å²) in [6, 6.07) is 18.0. The number of esters is 2.